The van der Waals surface area contributed by atoms with Crippen molar-refractivity contribution in [3.63, 3.8) is 0 Å². The van der Waals surface area contributed by atoms with Crippen molar-refractivity contribution in [1.29, 1.82) is 0 Å². The predicted octanol–water partition coefficient (Wildman–Crippen LogP) is 5.50. The van der Waals surface area contributed by atoms with E-state index in [0.29, 0.717) is 18.8 Å². The van der Waals surface area contributed by atoms with Gasteiger partial charge in [-0.05, 0) is 85.2 Å². The van der Waals surface area contributed by atoms with Gasteiger partial charge in [-0.25, -0.2) is 0 Å². The molecule has 0 saturated heterocycles. The Hall–Kier alpha value is -0.950. The van der Waals surface area contributed by atoms with Crippen LogP contribution in [0, 0.1) is 24.7 Å². The number of unbranched alkanes of at least 4 members (excludes halogenated alkanes) is 1. The molecule has 1 aromatic rings. The van der Waals surface area contributed by atoms with Crippen molar-refractivity contribution in [2.45, 2.75) is 71.0 Å². The van der Waals surface area contributed by atoms with E-state index in [9.17, 15) is 15.0 Å². The Labute approximate surface area is 186 Å². The van der Waals surface area contributed by atoms with Gasteiger partial charge in [-0.2, -0.15) is 0 Å². The Morgan fingerprint density at radius 2 is 2.17 bits per heavy atom. The molecule has 1 aliphatic carbocycles. The molecule has 0 amide bonds. The van der Waals surface area contributed by atoms with Crippen LogP contribution in [0.25, 0.3) is 0 Å². The molecule has 2 rings (SSSR count). The topological polar surface area (TPSA) is 77.8 Å². The van der Waals surface area contributed by atoms with E-state index < -0.39 is 12.1 Å². The molecule has 29 heavy (non-hydrogen) atoms. The van der Waals surface area contributed by atoms with Crippen LogP contribution in [0.5, 0.6) is 0 Å². The van der Waals surface area contributed by atoms with Gasteiger partial charge in [0.1, 0.15) is 0 Å². The first-order valence-electron chi connectivity index (χ1n) is 10.4. The summed E-state index contributed by atoms with van der Waals surface area (Å²) < 4.78 is 1.13. The number of allylic oxidation sites excluding steroid dienone is 3. The van der Waals surface area contributed by atoms with Gasteiger partial charge in [0.15, 0.2) is 0 Å². The van der Waals surface area contributed by atoms with Crippen LogP contribution in [0.2, 0.25) is 0 Å². The highest BCUT2D eigenvalue weighted by Crippen LogP contribution is 2.40. The summed E-state index contributed by atoms with van der Waals surface area (Å²) in [6.07, 6.45) is 12.0. The Bertz CT molecular complexity index is 692. The lowest BCUT2D eigenvalue weighted by Gasteiger charge is -2.20. The van der Waals surface area contributed by atoms with Gasteiger partial charge in [0.25, 0.3) is 0 Å². The maximum absolute atomic E-state index is 10.5. The molecule has 0 bridgehead atoms. The number of halogens is 1. The predicted molar refractivity (Wildman–Crippen MR) is 122 cm³/mol. The molecule has 1 aliphatic rings. The van der Waals surface area contributed by atoms with Crippen LogP contribution < -0.4 is 0 Å². The molecular weight excluding hydrogens is 452 g/mol. The number of carboxylic acid groups (broad SMARTS) is 1. The number of hydrogen-bond donors (Lipinski definition) is 3. The molecule has 0 spiro atoms. The van der Waals surface area contributed by atoms with E-state index in [0.717, 1.165) is 30.2 Å². The second kappa shape index (κ2) is 12.0. The van der Waals surface area contributed by atoms with Crippen molar-refractivity contribution in [2.75, 3.05) is 0 Å². The van der Waals surface area contributed by atoms with Gasteiger partial charge in [-0.1, -0.05) is 31.2 Å². The van der Waals surface area contributed by atoms with Gasteiger partial charge in [-0.15, -0.1) is 11.3 Å². The standard InChI is InChI=1S/C23H33BrO4S/c1-15-13-22(26)20(7-5-3-4-6-8-23(27)28)19(15)12-10-17(25)9-11-18-14-21(24)16(2)29-18/h3,5,10,12,14-15,17,19-20,22,25-26H,4,6-9,11,13H2,1-2H3,(H,27,28)/b5-3-,12-10+/t15?,17-,19-,20+,22?/m0/s1. The van der Waals surface area contributed by atoms with Crippen molar-refractivity contribution in [2.24, 2.45) is 17.8 Å². The fraction of sp³-hybridized carbons (Fsp3) is 0.609. The molecule has 5 atom stereocenters. The first-order chi connectivity index (χ1) is 13.8. The van der Waals surface area contributed by atoms with Crippen LogP contribution in [-0.2, 0) is 11.2 Å². The maximum atomic E-state index is 10.5. The number of aliphatic hydroxyl groups excluding tert-OH is 2. The van der Waals surface area contributed by atoms with E-state index in [1.807, 2.05) is 12.2 Å². The molecule has 0 aromatic carbocycles. The van der Waals surface area contributed by atoms with Crippen LogP contribution in [-0.4, -0.2) is 33.5 Å². The molecule has 2 unspecified atom stereocenters. The minimum absolute atomic E-state index is 0.153. The molecule has 6 heteroatoms. The van der Waals surface area contributed by atoms with Crippen molar-refractivity contribution >= 4 is 33.2 Å². The van der Waals surface area contributed by atoms with Crippen LogP contribution in [0.4, 0.5) is 0 Å². The molecule has 1 aromatic heterocycles. The summed E-state index contributed by atoms with van der Waals surface area (Å²) in [5.41, 5.74) is 0. The Balaban J connectivity index is 1.83. The van der Waals surface area contributed by atoms with Crippen molar-refractivity contribution < 1.29 is 20.1 Å². The smallest absolute Gasteiger partial charge is 0.303 e. The highest BCUT2D eigenvalue weighted by molar-refractivity contribution is 9.10. The maximum Gasteiger partial charge on any atom is 0.303 e. The fourth-order valence-corrected chi connectivity index (χ4v) is 5.68. The average molecular weight is 485 g/mol. The molecular formula is C23H33BrO4S. The van der Waals surface area contributed by atoms with E-state index in [2.05, 4.69) is 48.0 Å². The van der Waals surface area contributed by atoms with Gasteiger partial charge < -0.3 is 15.3 Å². The average Bonchev–Trinajstić information content (AvgIpc) is 3.11. The minimum Gasteiger partial charge on any atom is -0.481 e. The number of rotatable bonds is 11. The van der Waals surface area contributed by atoms with Gasteiger partial charge >= 0.3 is 5.97 Å². The first kappa shape index (κ1) is 24.3. The number of carbonyl (C=O) groups is 1. The third-order valence-corrected chi connectivity index (χ3v) is 7.94. The highest BCUT2D eigenvalue weighted by Gasteiger charge is 2.37. The summed E-state index contributed by atoms with van der Waals surface area (Å²) in [6.45, 7) is 4.25. The third-order valence-electron chi connectivity index (χ3n) is 5.75. The van der Waals surface area contributed by atoms with E-state index >= 15 is 0 Å². The monoisotopic (exact) mass is 484 g/mol. The summed E-state index contributed by atoms with van der Waals surface area (Å²) in [6, 6.07) is 2.13. The molecule has 0 radical (unpaired) electrons. The normalized spacial score (nSPS) is 26.0. The number of hydrogen-bond acceptors (Lipinski definition) is 4. The molecule has 1 fully saturated rings. The zero-order valence-electron chi connectivity index (χ0n) is 17.3. The molecule has 0 aliphatic heterocycles. The fourth-order valence-electron chi connectivity index (χ4n) is 4.06. The molecule has 1 heterocycles. The minimum atomic E-state index is -0.760. The zero-order chi connectivity index (χ0) is 21.4. The van der Waals surface area contributed by atoms with Crippen molar-refractivity contribution in [1.82, 2.24) is 0 Å². The van der Waals surface area contributed by atoms with Gasteiger partial charge in [0.2, 0.25) is 0 Å². The number of aliphatic carboxylic acids is 1. The first-order valence-corrected chi connectivity index (χ1v) is 12.0. The second-order valence-corrected chi connectivity index (χ2v) is 10.3. The Kier molecular flexibility index (Phi) is 10.1. The SMILES string of the molecule is Cc1sc(CC[C@H](O)/C=C/[C@H]2C(C)CC(O)[C@@H]2C/C=C\CCCC(=O)O)cc1Br. The summed E-state index contributed by atoms with van der Waals surface area (Å²) in [5, 5.41) is 29.5. The zero-order valence-corrected chi connectivity index (χ0v) is 19.7. The molecule has 1 saturated carbocycles. The quantitative estimate of drug-likeness (QED) is 0.286. The number of aryl methyl sites for hydroxylation is 2. The summed E-state index contributed by atoms with van der Waals surface area (Å²) >= 11 is 5.30. The summed E-state index contributed by atoms with van der Waals surface area (Å²) in [4.78, 5) is 13.1. The number of carboxylic acids is 1. The van der Waals surface area contributed by atoms with Crippen molar-refractivity contribution in [3.8, 4) is 0 Å². The second-order valence-electron chi connectivity index (χ2n) is 8.12. The molecule has 162 valence electrons. The van der Waals surface area contributed by atoms with Crippen LogP contribution in [0.15, 0.2) is 34.8 Å². The third kappa shape index (κ3) is 8.00. The van der Waals surface area contributed by atoms with Crippen LogP contribution in [0.1, 0.15) is 55.2 Å². The summed E-state index contributed by atoms with van der Waals surface area (Å²) in [7, 11) is 0. The Morgan fingerprint density at radius 3 is 2.83 bits per heavy atom. The lowest BCUT2D eigenvalue weighted by molar-refractivity contribution is -0.137. The van der Waals surface area contributed by atoms with E-state index in [1.54, 1.807) is 11.3 Å². The van der Waals surface area contributed by atoms with Gasteiger partial charge in [-0.3, -0.25) is 4.79 Å². The lowest BCUT2D eigenvalue weighted by atomic mass is 9.86. The Morgan fingerprint density at radius 1 is 1.41 bits per heavy atom. The largest absolute Gasteiger partial charge is 0.481 e. The van der Waals surface area contributed by atoms with Crippen molar-refractivity contribution in [3.05, 3.63) is 44.6 Å². The number of aliphatic hydroxyl groups is 2. The molecule has 4 nitrogen and oxygen atoms in total. The summed E-state index contributed by atoms with van der Waals surface area (Å²) in [5.74, 6) is 0.0281. The lowest BCUT2D eigenvalue weighted by Crippen LogP contribution is -2.18. The molecule has 3 N–H and O–H groups in total. The number of thiophene rings is 1. The van der Waals surface area contributed by atoms with Gasteiger partial charge in [0, 0.05) is 20.6 Å². The van der Waals surface area contributed by atoms with Crippen LogP contribution >= 0.6 is 27.3 Å². The highest BCUT2D eigenvalue weighted by atomic mass is 79.9. The van der Waals surface area contributed by atoms with E-state index in [4.69, 9.17) is 5.11 Å². The van der Waals surface area contributed by atoms with E-state index in [-0.39, 0.29) is 24.4 Å². The van der Waals surface area contributed by atoms with E-state index in [1.165, 1.54) is 9.75 Å². The van der Waals surface area contributed by atoms with Crippen LogP contribution in [0.3, 0.4) is 0 Å². The van der Waals surface area contributed by atoms with Gasteiger partial charge in [0.05, 0.1) is 12.2 Å².